The molecular weight excluding hydrogens is 512 g/mol. The molecule has 2 amide bonds. The fourth-order valence-electron chi connectivity index (χ4n) is 4.21. The Kier molecular flexibility index (Phi) is 11.8. The molecule has 0 bridgehead atoms. The van der Waals surface area contributed by atoms with Gasteiger partial charge in [-0.2, -0.15) is 0 Å². The minimum Gasteiger partial charge on any atom is -0.493 e. The number of aryl methyl sites for hydroxylation is 1. The first kappa shape index (κ1) is 30.2. The van der Waals surface area contributed by atoms with Gasteiger partial charge in [0, 0.05) is 18.0 Å². The van der Waals surface area contributed by atoms with Gasteiger partial charge in [-0.25, -0.2) is 0 Å². The van der Waals surface area contributed by atoms with Crippen LogP contribution < -0.4 is 9.47 Å². The lowest BCUT2D eigenvalue weighted by Gasteiger charge is -2.29. The third-order valence-corrected chi connectivity index (χ3v) is 7.38. The Morgan fingerprint density at radius 2 is 1.64 bits per heavy atom. The van der Waals surface area contributed by atoms with Gasteiger partial charge in [-0.05, 0) is 59.5 Å². The van der Waals surface area contributed by atoms with Gasteiger partial charge in [-0.1, -0.05) is 50.2 Å². The maximum absolute atomic E-state index is 13.7. The molecule has 0 N–H and O–H groups in total. The third kappa shape index (κ3) is 9.41. The van der Waals surface area contributed by atoms with Crippen LogP contribution in [0.5, 0.6) is 11.5 Å². The number of nitrogens with zero attached hydrogens (tertiary/aromatic N) is 2. The molecule has 0 unspecified atom stereocenters. The standard InChI is InChI=1S/C31H40N2O5S/c1-23(2)18-33(31(35)22-38-21-26-9-7-6-8-10-26)20-30(34)32(19-29-24(3)14-16-39-29)15-13-25-11-12-27(36-4)28(17-25)37-5/h6-12,14,16-17,23H,13,15,18-22H2,1-5H3. The molecule has 210 valence electrons. The van der Waals surface area contributed by atoms with Crippen molar-refractivity contribution >= 4 is 23.2 Å². The predicted molar refractivity (Wildman–Crippen MR) is 155 cm³/mol. The van der Waals surface area contributed by atoms with Gasteiger partial charge >= 0.3 is 0 Å². The topological polar surface area (TPSA) is 68.3 Å². The summed E-state index contributed by atoms with van der Waals surface area (Å²) in [5.41, 5.74) is 3.20. The summed E-state index contributed by atoms with van der Waals surface area (Å²) >= 11 is 1.64. The lowest BCUT2D eigenvalue weighted by atomic mass is 10.1. The largest absolute Gasteiger partial charge is 0.493 e. The zero-order valence-electron chi connectivity index (χ0n) is 23.6. The van der Waals surface area contributed by atoms with Crippen LogP contribution in [-0.2, 0) is 33.9 Å². The van der Waals surface area contributed by atoms with Crippen LogP contribution in [-0.4, -0.2) is 62.1 Å². The van der Waals surface area contributed by atoms with E-state index in [9.17, 15) is 9.59 Å². The van der Waals surface area contributed by atoms with Crippen LogP contribution in [0.1, 0.15) is 35.4 Å². The van der Waals surface area contributed by atoms with Crippen molar-refractivity contribution in [3.05, 3.63) is 81.5 Å². The quantitative estimate of drug-likeness (QED) is 0.254. The summed E-state index contributed by atoms with van der Waals surface area (Å²) in [5, 5.41) is 2.04. The molecule has 0 fully saturated rings. The minimum atomic E-state index is -0.180. The van der Waals surface area contributed by atoms with Crippen molar-refractivity contribution in [1.29, 1.82) is 0 Å². The van der Waals surface area contributed by atoms with Crippen molar-refractivity contribution in [2.75, 3.05) is 40.5 Å². The molecule has 0 aliphatic carbocycles. The zero-order chi connectivity index (χ0) is 28.2. The van der Waals surface area contributed by atoms with Gasteiger partial charge in [0.1, 0.15) is 6.61 Å². The highest BCUT2D eigenvalue weighted by atomic mass is 32.1. The summed E-state index contributed by atoms with van der Waals surface area (Å²) in [7, 11) is 3.22. The van der Waals surface area contributed by atoms with E-state index in [-0.39, 0.29) is 30.9 Å². The van der Waals surface area contributed by atoms with Crippen molar-refractivity contribution in [2.45, 2.75) is 40.3 Å². The first-order valence-electron chi connectivity index (χ1n) is 13.2. The van der Waals surface area contributed by atoms with E-state index in [4.69, 9.17) is 14.2 Å². The van der Waals surface area contributed by atoms with Crippen molar-refractivity contribution in [3.8, 4) is 11.5 Å². The zero-order valence-corrected chi connectivity index (χ0v) is 24.5. The maximum atomic E-state index is 13.7. The molecule has 0 atom stereocenters. The van der Waals surface area contributed by atoms with E-state index in [1.807, 2.05) is 72.7 Å². The number of amides is 2. The van der Waals surface area contributed by atoms with Crippen LogP contribution in [0.25, 0.3) is 0 Å². The van der Waals surface area contributed by atoms with E-state index in [1.54, 1.807) is 30.5 Å². The van der Waals surface area contributed by atoms with Crippen molar-refractivity contribution in [3.63, 3.8) is 0 Å². The minimum absolute atomic E-state index is 0.0159. The summed E-state index contributed by atoms with van der Waals surface area (Å²) in [6.45, 7) is 7.95. The van der Waals surface area contributed by atoms with E-state index in [1.165, 1.54) is 0 Å². The van der Waals surface area contributed by atoms with Crippen LogP contribution in [0.2, 0.25) is 0 Å². The number of hydrogen-bond donors (Lipinski definition) is 0. The number of hydrogen-bond acceptors (Lipinski definition) is 6. The highest BCUT2D eigenvalue weighted by Gasteiger charge is 2.23. The lowest BCUT2D eigenvalue weighted by Crippen LogP contribution is -2.45. The smallest absolute Gasteiger partial charge is 0.249 e. The number of carbonyl (C=O) groups is 2. The van der Waals surface area contributed by atoms with Crippen molar-refractivity contribution in [2.24, 2.45) is 5.92 Å². The van der Waals surface area contributed by atoms with E-state index in [0.717, 1.165) is 21.6 Å². The van der Waals surface area contributed by atoms with Gasteiger partial charge in [-0.3, -0.25) is 9.59 Å². The fraction of sp³-hybridized carbons (Fsp3) is 0.419. The second-order valence-electron chi connectivity index (χ2n) is 9.93. The highest BCUT2D eigenvalue weighted by molar-refractivity contribution is 7.10. The number of rotatable bonds is 15. The average Bonchev–Trinajstić information content (AvgIpc) is 3.34. The molecule has 2 aromatic carbocycles. The molecule has 0 aliphatic rings. The maximum Gasteiger partial charge on any atom is 0.249 e. The number of methoxy groups -OCH3 is 2. The summed E-state index contributed by atoms with van der Waals surface area (Å²) < 4.78 is 16.5. The van der Waals surface area contributed by atoms with Crippen LogP contribution in [0.3, 0.4) is 0 Å². The predicted octanol–water partition coefficient (Wildman–Crippen LogP) is 5.35. The number of carbonyl (C=O) groups excluding carboxylic acids is 2. The van der Waals surface area contributed by atoms with Crippen LogP contribution >= 0.6 is 11.3 Å². The monoisotopic (exact) mass is 552 g/mol. The third-order valence-electron chi connectivity index (χ3n) is 6.38. The molecule has 1 aromatic heterocycles. The molecule has 0 aliphatic heterocycles. The van der Waals surface area contributed by atoms with Gasteiger partial charge in [0.25, 0.3) is 0 Å². The van der Waals surface area contributed by atoms with Gasteiger partial charge < -0.3 is 24.0 Å². The first-order chi connectivity index (χ1) is 18.8. The molecule has 1 heterocycles. The van der Waals surface area contributed by atoms with E-state index >= 15 is 0 Å². The van der Waals surface area contributed by atoms with Gasteiger partial charge in [-0.15, -0.1) is 11.3 Å². The summed E-state index contributed by atoms with van der Waals surface area (Å²) in [4.78, 5) is 31.4. The second kappa shape index (κ2) is 15.3. The van der Waals surface area contributed by atoms with Gasteiger partial charge in [0.05, 0.1) is 33.9 Å². The van der Waals surface area contributed by atoms with Crippen LogP contribution in [0.4, 0.5) is 0 Å². The van der Waals surface area contributed by atoms with E-state index in [2.05, 4.69) is 13.0 Å². The Morgan fingerprint density at radius 1 is 0.897 bits per heavy atom. The second-order valence-corrected chi connectivity index (χ2v) is 10.9. The Labute approximate surface area is 236 Å². The molecule has 3 rings (SSSR count). The normalized spacial score (nSPS) is 10.9. The Bertz CT molecular complexity index is 1190. The molecule has 8 heteroatoms. The molecule has 0 saturated carbocycles. The highest BCUT2D eigenvalue weighted by Crippen LogP contribution is 2.28. The molecule has 3 aromatic rings. The number of benzene rings is 2. The van der Waals surface area contributed by atoms with E-state index < -0.39 is 0 Å². The Hall–Kier alpha value is -3.36. The number of ether oxygens (including phenoxy) is 3. The van der Waals surface area contributed by atoms with Crippen LogP contribution in [0.15, 0.2) is 60.0 Å². The first-order valence-corrected chi connectivity index (χ1v) is 14.1. The Balaban J connectivity index is 1.70. The molecule has 0 radical (unpaired) electrons. The van der Waals surface area contributed by atoms with Crippen molar-refractivity contribution < 1.29 is 23.8 Å². The number of thiophene rings is 1. The van der Waals surface area contributed by atoms with Gasteiger partial charge in [0.2, 0.25) is 11.8 Å². The van der Waals surface area contributed by atoms with Gasteiger partial charge in [0.15, 0.2) is 11.5 Å². The molecule has 0 saturated heterocycles. The molecule has 0 spiro atoms. The average molecular weight is 553 g/mol. The SMILES string of the molecule is COc1ccc(CCN(Cc2sccc2C)C(=O)CN(CC(C)C)C(=O)COCc2ccccc2)cc1OC. The molecule has 39 heavy (non-hydrogen) atoms. The lowest BCUT2D eigenvalue weighted by molar-refractivity contribution is -0.144. The van der Waals surface area contributed by atoms with E-state index in [0.29, 0.717) is 44.2 Å². The molecular formula is C31H40N2O5S. The Morgan fingerprint density at radius 3 is 2.28 bits per heavy atom. The summed E-state index contributed by atoms with van der Waals surface area (Å²) in [6, 6.07) is 17.6. The van der Waals surface area contributed by atoms with Crippen molar-refractivity contribution in [1.82, 2.24) is 9.80 Å². The summed E-state index contributed by atoms with van der Waals surface area (Å²) in [5.74, 6) is 1.28. The summed E-state index contributed by atoms with van der Waals surface area (Å²) in [6.07, 6.45) is 0.648. The van der Waals surface area contributed by atoms with Crippen LogP contribution in [0, 0.1) is 12.8 Å². The fourth-order valence-corrected chi connectivity index (χ4v) is 5.13. The molecule has 7 nitrogen and oxygen atoms in total.